The van der Waals surface area contributed by atoms with Gasteiger partial charge < -0.3 is 20.1 Å². The largest absolute Gasteiger partial charge is 0.351 e. The molecule has 2 rings (SSSR count). The van der Waals surface area contributed by atoms with Crippen molar-refractivity contribution in [1.82, 2.24) is 9.88 Å². The van der Waals surface area contributed by atoms with Crippen LogP contribution in [0.3, 0.4) is 0 Å². The summed E-state index contributed by atoms with van der Waals surface area (Å²) in [6.45, 7) is 5.97. The maximum atomic E-state index is 13.3. The summed E-state index contributed by atoms with van der Waals surface area (Å²) in [6, 6.07) is 13.8. The molecule has 152 valence electrons. The van der Waals surface area contributed by atoms with Gasteiger partial charge in [-0.3, -0.25) is 9.78 Å². The van der Waals surface area contributed by atoms with Crippen molar-refractivity contribution in [2.24, 2.45) is 11.7 Å². The summed E-state index contributed by atoms with van der Waals surface area (Å²) in [4.78, 5) is 19.2. The number of aromatic nitrogens is 1. The molecule has 0 saturated heterocycles. The van der Waals surface area contributed by atoms with Crippen LogP contribution in [0.4, 0.5) is 0 Å². The molecule has 0 aliphatic heterocycles. The fourth-order valence-electron chi connectivity index (χ4n) is 3.07. The van der Waals surface area contributed by atoms with E-state index in [0.717, 1.165) is 11.1 Å². The van der Waals surface area contributed by atoms with Gasteiger partial charge in [0.25, 0.3) is 0 Å². The highest BCUT2D eigenvalue weighted by atomic mass is 16.7. The van der Waals surface area contributed by atoms with Gasteiger partial charge in [-0.05, 0) is 43.5 Å². The van der Waals surface area contributed by atoms with E-state index in [1.807, 2.05) is 56.3 Å². The summed E-state index contributed by atoms with van der Waals surface area (Å²) in [5.74, 6) is -0.291. The number of carbonyl (C=O) groups excluding carboxylic acids is 1. The van der Waals surface area contributed by atoms with Crippen LogP contribution in [-0.4, -0.2) is 48.4 Å². The van der Waals surface area contributed by atoms with Crippen molar-refractivity contribution in [1.29, 1.82) is 0 Å². The van der Waals surface area contributed by atoms with Gasteiger partial charge in [0, 0.05) is 38.7 Å². The van der Waals surface area contributed by atoms with Crippen LogP contribution in [-0.2, 0) is 27.2 Å². The molecule has 2 aromatic rings. The quantitative estimate of drug-likeness (QED) is 0.568. The van der Waals surface area contributed by atoms with Crippen molar-refractivity contribution < 1.29 is 14.3 Å². The van der Waals surface area contributed by atoms with Gasteiger partial charge in [0.2, 0.25) is 5.91 Å². The van der Waals surface area contributed by atoms with Gasteiger partial charge in [-0.2, -0.15) is 0 Å². The van der Waals surface area contributed by atoms with Crippen LogP contribution in [0.15, 0.2) is 54.9 Å². The third-order valence-electron chi connectivity index (χ3n) is 4.47. The minimum atomic E-state index is -0.462. The first-order valence-corrected chi connectivity index (χ1v) is 9.82. The Labute approximate surface area is 167 Å². The average molecular weight is 386 g/mol. The Morgan fingerprint density at radius 3 is 2.25 bits per heavy atom. The Morgan fingerprint density at radius 2 is 1.68 bits per heavy atom. The number of nitrogens with zero attached hydrogens (tertiary/aromatic N) is 2. The maximum absolute atomic E-state index is 13.3. The lowest BCUT2D eigenvalue weighted by molar-refractivity contribution is -0.162. The minimum absolute atomic E-state index is 0.00701. The molecule has 0 unspecified atom stereocenters. The van der Waals surface area contributed by atoms with E-state index < -0.39 is 6.29 Å². The number of hydrogen-bond donors (Lipinski definition) is 1. The van der Waals surface area contributed by atoms with E-state index in [1.54, 1.807) is 17.3 Å². The number of carbonyl (C=O) groups is 1. The van der Waals surface area contributed by atoms with E-state index in [0.29, 0.717) is 32.7 Å². The molecule has 0 aliphatic carbocycles. The van der Waals surface area contributed by atoms with E-state index in [9.17, 15) is 4.79 Å². The van der Waals surface area contributed by atoms with E-state index in [-0.39, 0.29) is 18.4 Å². The third kappa shape index (κ3) is 7.03. The molecule has 1 aromatic heterocycles. The zero-order valence-electron chi connectivity index (χ0n) is 16.8. The second-order valence-electron chi connectivity index (χ2n) is 6.54. The van der Waals surface area contributed by atoms with Crippen molar-refractivity contribution in [2.75, 3.05) is 26.3 Å². The lowest BCUT2D eigenvalue weighted by Gasteiger charge is -2.30. The lowest BCUT2D eigenvalue weighted by atomic mass is 9.97. The molecule has 0 radical (unpaired) electrons. The molecule has 0 spiro atoms. The molecule has 6 nitrogen and oxygen atoms in total. The Balaban J connectivity index is 2.17. The molecule has 0 fully saturated rings. The normalized spacial score (nSPS) is 12.1. The van der Waals surface area contributed by atoms with Crippen molar-refractivity contribution in [3.05, 3.63) is 66.0 Å². The van der Waals surface area contributed by atoms with Crippen molar-refractivity contribution in [2.45, 2.75) is 33.1 Å². The summed E-state index contributed by atoms with van der Waals surface area (Å²) in [7, 11) is 0. The van der Waals surface area contributed by atoms with Gasteiger partial charge in [-0.25, -0.2) is 0 Å². The van der Waals surface area contributed by atoms with E-state index >= 15 is 0 Å². The van der Waals surface area contributed by atoms with Crippen molar-refractivity contribution >= 4 is 5.91 Å². The van der Waals surface area contributed by atoms with Gasteiger partial charge in [0.1, 0.15) is 0 Å². The molecular weight excluding hydrogens is 354 g/mol. The number of nitrogens with two attached hydrogens (primary N) is 1. The Bertz CT molecular complexity index is 676. The second kappa shape index (κ2) is 12.2. The highest BCUT2D eigenvalue weighted by Crippen LogP contribution is 2.15. The first-order chi connectivity index (χ1) is 13.7. The lowest BCUT2D eigenvalue weighted by Crippen LogP contribution is -2.44. The fraction of sp³-hybridized carbons (Fsp3) is 0.455. The van der Waals surface area contributed by atoms with Crippen LogP contribution in [0.2, 0.25) is 0 Å². The average Bonchev–Trinajstić information content (AvgIpc) is 2.73. The Hall–Kier alpha value is -2.28. The number of rotatable bonds is 12. The van der Waals surface area contributed by atoms with Crippen molar-refractivity contribution in [3.63, 3.8) is 0 Å². The summed E-state index contributed by atoms with van der Waals surface area (Å²) in [5, 5.41) is 0. The molecule has 1 heterocycles. The molecule has 1 atom stereocenters. The number of hydrogen-bond acceptors (Lipinski definition) is 5. The zero-order chi connectivity index (χ0) is 20.2. The van der Waals surface area contributed by atoms with Gasteiger partial charge in [0.15, 0.2) is 6.29 Å². The SMILES string of the molecule is CCOC(CN(Cc1ccncc1)C(=O)[C@@H](CN)Cc1ccccc1)OCC. The molecule has 0 bridgehead atoms. The number of pyridine rings is 1. The van der Waals surface area contributed by atoms with Gasteiger partial charge in [0.05, 0.1) is 12.5 Å². The highest BCUT2D eigenvalue weighted by molar-refractivity contribution is 5.79. The standard InChI is InChI=1S/C22H31N3O3/c1-3-27-21(28-4-2)17-25(16-19-10-12-24-13-11-19)22(26)20(15-23)14-18-8-6-5-7-9-18/h5-13,20-21H,3-4,14-17,23H2,1-2H3/t20-/m1/s1. The molecule has 1 aromatic carbocycles. The van der Waals surface area contributed by atoms with Crippen LogP contribution >= 0.6 is 0 Å². The third-order valence-corrected chi connectivity index (χ3v) is 4.47. The molecule has 2 N–H and O–H groups in total. The maximum Gasteiger partial charge on any atom is 0.227 e. The van der Waals surface area contributed by atoms with Crippen LogP contribution in [0, 0.1) is 5.92 Å². The van der Waals surface area contributed by atoms with Crippen molar-refractivity contribution in [3.8, 4) is 0 Å². The molecular formula is C22H31N3O3. The number of ether oxygens (including phenoxy) is 2. The summed E-state index contributed by atoms with van der Waals surface area (Å²) >= 11 is 0. The monoisotopic (exact) mass is 385 g/mol. The van der Waals surface area contributed by atoms with Gasteiger partial charge in [-0.15, -0.1) is 0 Å². The molecule has 1 amide bonds. The topological polar surface area (TPSA) is 77.7 Å². The first-order valence-electron chi connectivity index (χ1n) is 9.82. The van der Waals surface area contributed by atoms with E-state index in [1.165, 1.54) is 0 Å². The predicted molar refractivity (Wildman–Crippen MR) is 109 cm³/mol. The summed E-state index contributed by atoms with van der Waals surface area (Å²) in [6.07, 6.45) is 3.60. The van der Waals surface area contributed by atoms with Gasteiger partial charge in [-0.1, -0.05) is 30.3 Å². The van der Waals surface area contributed by atoms with Crippen LogP contribution < -0.4 is 5.73 Å². The molecule has 28 heavy (non-hydrogen) atoms. The van der Waals surface area contributed by atoms with E-state index in [4.69, 9.17) is 15.2 Å². The Morgan fingerprint density at radius 1 is 1.04 bits per heavy atom. The smallest absolute Gasteiger partial charge is 0.227 e. The molecule has 6 heteroatoms. The highest BCUT2D eigenvalue weighted by Gasteiger charge is 2.26. The fourth-order valence-corrected chi connectivity index (χ4v) is 3.07. The summed E-state index contributed by atoms with van der Waals surface area (Å²) < 4.78 is 11.3. The van der Waals surface area contributed by atoms with Crippen LogP contribution in [0.1, 0.15) is 25.0 Å². The van der Waals surface area contributed by atoms with Crippen LogP contribution in [0.25, 0.3) is 0 Å². The summed E-state index contributed by atoms with van der Waals surface area (Å²) in [5.41, 5.74) is 8.08. The van der Waals surface area contributed by atoms with Gasteiger partial charge >= 0.3 is 0 Å². The second-order valence-corrected chi connectivity index (χ2v) is 6.54. The predicted octanol–water partition coefficient (Wildman–Crippen LogP) is 2.63. The zero-order valence-corrected chi connectivity index (χ0v) is 16.8. The Kier molecular flexibility index (Phi) is 9.62. The minimum Gasteiger partial charge on any atom is -0.351 e. The molecule has 0 aliphatic rings. The van der Waals surface area contributed by atoms with E-state index in [2.05, 4.69) is 4.98 Å². The number of amides is 1. The first kappa shape index (κ1) is 22.0. The van der Waals surface area contributed by atoms with Crippen LogP contribution in [0.5, 0.6) is 0 Å². The number of benzene rings is 1. The molecule has 0 saturated carbocycles.